The molecule has 5 aromatic rings. The normalized spacial score (nSPS) is 11.4. The molecule has 5 rings (SSSR count). The van der Waals surface area contributed by atoms with Gasteiger partial charge in [-0.2, -0.15) is 4.98 Å². The first kappa shape index (κ1) is 18.4. The van der Waals surface area contributed by atoms with Crippen LogP contribution in [0.5, 0.6) is 11.8 Å². The molecule has 30 heavy (non-hydrogen) atoms. The number of hydrogen-bond donors (Lipinski definition) is 2. The van der Waals surface area contributed by atoms with Crippen LogP contribution in [0.3, 0.4) is 0 Å². The van der Waals surface area contributed by atoms with Crippen LogP contribution in [0.2, 0.25) is 0 Å². The number of halogens is 1. The van der Waals surface area contributed by atoms with E-state index in [2.05, 4.69) is 15.0 Å². The number of aromatic nitrogens is 4. The SMILES string of the molecule is COc1cc(Sc2nc3c4ccc(F)cc4c4c(=O)[nH]ccc4c3[nH]2)cc(OC)n1. The van der Waals surface area contributed by atoms with E-state index < -0.39 is 5.82 Å². The number of ether oxygens (including phenoxy) is 2. The van der Waals surface area contributed by atoms with Gasteiger partial charge >= 0.3 is 0 Å². The molecule has 2 aromatic carbocycles. The number of hydrogen-bond acceptors (Lipinski definition) is 6. The molecular weight excluding hydrogens is 407 g/mol. The van der Waals surface area contributed by atoms with Crippen molar-refractivity contribution in [1.82, 2.24) is 19.9 Å². The topological polar surface area (TPSA) is 92.9 Å². The number of H-pyrrole nitrogens is 2. The van der Waals surface area contributed by atoms with Crippen LogP contribution in [0.1, 0.15) is 0 Å². The maximum absolute atomic E-state index is 14.0. The minimum atomic E-state index is -0.410. The van der Waals surface area contributed by atoms with Crippen molar-refractivity contribution in [2.24, 2.45) is 0 Å². The van der Waals surface area contributed by atoms with Crippen molar-refractivity contribution in [3.8, 4) is 11.8 Å². The molecule has 3 aromatic heterocycles. The predicted molar refractivity (Wildman–Crippen MR) is 113 cm³/mol. The lowest BCUT2D eigenvalue weighted by Gasteiger charge is -2.05. The summed E-state index contributed by atoms with van der Waals surface area (Å²) in [4.78, 5) is 28.2. The Labute approximate surface area is 173 Å². The molecule has 2 N–H and O–H groups in total. The Morgan fingerprint density at radius 1 is 0.967 bits per heavy atom. The summed E-state index contributed by atoms with van der Waals surface area (Å²) in [6.07, 6.45) is 1.57. The summed E-state index contributed by atoms with van der Waals surface area (Å²) in [5, 5.41) is 2.93. The number of pyridine rings is 2. The molecule has 0 fully saturated rings. The van der Waals surface area contributed by atoms with E-state index in [1.165, 1.54) is 38.1 Å². The largest absolute Gasteiger partial charge is 0.481 e. The monoisotopic (exact) mass is 422 g/mol. The zero-order chi connectivity index (χ0) is 20.8. The molecule has 150 valence electrons. The summed E-state index contributed by atoms with van der Waals surface area (Å²) in [6.45, 7) is 0. The van der Waals surface area contributed by atoms with Crippen LogP contribution in [0, 0.1) is 5.82 Å². The Morgan fingerprint density at radius 3 is 2.47 bits per heavy atom. The van der Waals surface area contributed by atoms with E-state index in [1.807, 2.05) is 0 Å². The minimum Gasteiger partial charge on any atom is -0.481 e. The summed E-state index contributed by atoms with van der Waals surface area (Å²) in [6, 6.07) is 9.71. The molecule has 0 aliphatic heterocycles. The molecule has 0 spiro atoms. The van der Waals surface area contributed by atoms with Crippen LogP contribution < -0.4 is 15.0 Å². The molecule has 0 radical (unpaired) electrons. The summed E-state index contributed by atoms with van der Waals surface area (Å²) in [5.41, 5.74) is 1.10. The third-order valence-electron chi connectivity index (χ3n) is 4.80. The standard InChI is InChI=1S/C21H15FN4O3S/c1-28-15-8-11(9-16(24-15)29-2)30-21-25-18-12-4-3-10(22)7-14(12)17-13(19(18)26-21)5-6-23-20(17)27/h3-9H,1-2H3,(H,23,27)(H,25,26). The van der Waals surface area contributed by atoms with E-state index in [0.717, 1.165) is 4.90 Å². The van der Waals surface area contributed by atoms with Gasteiger partial charge in [-0.15, -0.1) is 0 Å². The van der Waals surface area contributed by atoms with E-state index in [-0.39, 0.29) is 5.56 Å². The van der Waals surface area contributed by atoms with Crippen molar-refractivity contribution in [3.63, 3.8) is 0 Å². The van der Waals surface area contributed by atoms with Crippen molar-refractivity contribution in [1.29, 1.82) is 0 Å². The Balaban J connectivity index is 1.75. The molecular formula is C21H15FN4O3S. The number of imidazole rings is 1. The summed E-state index contributed by atoms with van der Waals surface area (Å²) in [5.74, 6) is 0.434. The molecule has 0 amide bonds. The van der Waals surface area contributed by atoms with Gasteiger partial charge in [-0.05, 0) is 24.3 Å². The van der Waals surface area contributed by atoms with Gasteiger partial charge in [-0.3, -0.25) is 4.79 Å². The van der Waals surface area contributed by atoms with E-state index in [9.17, 15) is 9.18 Å². The molecule has 0 saturated carbocycles. The Bertz CT molecular complexity index is 1470. The number of nitrogens with zero attached hydrogens (tertiary/aromatic N) is 2. The van der Waals surface area contributed by atoms with Gasteiger partial charge in [0, 0.05) is 39.4 Å². The summed E-state index contributed by atoms with van der Waals surface area (Å²) >= 11 is 1.37. The van der Waals surface area contributed by atoms with Crippen LogP contribution in [-0.4, -0.2) is 34.2 Å². The second-order valence-corrected chi connectivity index (χ2v) is 7.60. The van der Waals surface area contributed by atoms with Crippen molar-refractivity contribution < 1.29 is 13.9 Å². The average molecular weight is 422 g/mol. The van der Waals surface area contributed by atoms with Gasteiger partial charge in [-0.25, -0.2) is 9.37 Å². The lowest BCUT2D eigenvalue weighted by atomic mass is 10.0. The number of benzene rings is 2. The van der Waals surface area contributed by atoms with E-state index in [1.54, 1.807) is 30.5 Å². The number of methoxy groups -OCH3 is 2. The zero-order valence-electron chi connectivity index (χ0n) is 15.9. The first-order valence-corrected chi connectivity index (χ1v) is 9.79. The molecule has 0 bridgehead atoms. The Morgan fingerprint density at radius 2 is 1.73 bits per heavy atom. The predicted octanol–water partition coefficient (Wildman–Crippen LogP) is 4.26. The Hall–Kier alpha value is -3.59. The van der Waals surface area contributed by atoms with E-state index in [4.69, 9.17) is 14.5 Å². The van der Waals surface area contributed by atoms with Gasteiger partial charge in [0.15, 0.2) is 5.16 Å². The first-order valence-electron chi connectivity index (χ1n) is 8.97. The van der Waals surface area contributed by atoms with Crippen LogP contribution in [0.25, 0.3) is 32.6 Å². The van der Waals surface area contributed by atoms with Crippen molar-refractivity contribution in [2.75, 3.05) is 14.2 Å². The molecule has 0 unspecified atom stereocenters. The maximum atomic E-state index is 14.0. The lowest BCUT2D eigenvalue weighted by Crippen LogP contribution is -2.05. The second kappa shape index (κ2) is 7.03. The van der Waals surface area contributed by atoms with Gasteiger partial charge in [0.05, 0.1) is 30.6 Å². The van der Waals surface area contributed by atoms with Crippen LogP contribution in [-0.2, 0) is 0 Å². The lowest BCUT2D eigenvalue weighted by molar-refractivity contribution is 0.362. The van der Waals surface area contributed by atoms with E-state index in [0.29, 0.717) is 49.5 Å². The van der Waals surface area contributed by atoms with Gasteiger partial charge in [0.1, 0.15) is 5.82 Å². The summed E-state index contributed by atoms with van der Waals surface area (Å²) < 4.78 is 24.4. The number of aromatic amines is 2. The minimum absolute atomic E-state index is 0.280. The highest BCUT2D eigenvalue weighted by molar-refractivity contribution is 7.99. The van der Waals surface area contributed by atoms with Crippen LogP contribution in [0.4, 0.5) is 4.39 Å². The van der Waals surface area contributed by atoms with E-state index >= 15 is 0 Å². The quantitative estimate of drug-likeness (QED) is 0.421. The average Bonchev–Trinajstić information content (AvgIpc) is 3.17. The van der Waals surface area contributed by atoms with Crippen molar-refractivity contribution in [2.45, 2.75) is 10.1 Å². The van der Waals surface area contributed by atoms with Gasteiger partial charge in [0.2, 0.25) is 11.8 Å². The highest BCUT2D eigenvalue weighted by atomic mass is 32.2. The fraction of sp³-hybridized carbons (Fsp3) is 0.0952. The molecule has 3 heterocycles. The zero-order valence-corrected chi connectivity index (χ0v) is 16.8. The van der Waals surface area contributed by atoms with Crippen molar-refractivity contribution >= 4 is 44.3 Å². The number of nitrogens with one attached hydrogen (secondary N) is 2. The maximum Gasteiger partial charge on any atom is 0.256 e. The van der Waals surface area contributed by atoms with Gasteiger partial charge in [-0.1, -0.05) is 11.8 Å². The Kier molecular flexibility index (Phi) is 4.32. The molecule has 7 nitrogen and oxygen atoms in total. The fourth-order valence-electron chi connectivity index (χ4n) is 3.51. The number of rotatable bonds is 4. The third-order valence-corrected chi connectivity index (χ3v) is 5.66. The molecule has 0 aliphatic rings. The number of fused-ring (bicyclic) bond motifs is 6. The van der Waals surface area contributed by atoms with Crippen LogP contribution in [0.15, 0.2) is 57.4 Å². The van der Waals surface area contributed by atoms with Gasteiger partial charge in [0.25, 0.3) is 5.56 Å². The first-order chi connectivity index (χ1) is 14.6. The highest BCUT2D eigenvalue weighted by Crippen LogP contribution is 2.36. The fourth-order valence-corrected chi connectivity index (χ4v) is 4.34. The molecule has 9 heteroatoms. The smallest absolute Gasteiger partial charge is 0.256 e. The highest BCUT2D eigenvalue weighted by Gasteiger charge is 2.16. The molecule has 0 saturated heterocycles. The molecule has 0 aliphatic carbocycles. The second-order valence-electron chi connectivity index (χ2n) is 6.54. The van der Waals surface area contributed by atoms with Crippen LogP contribution >= 0.6 is 11.8 Å². The van der Waals surface area contributed by atoms with Crippen molar-refractivity contribution in [3.05, 3.63) is 58.8 Å². The molecule has 0 atom stereocenters. The third kappa shape index (κ3) is 2.94. The summed E-state index contributed by atoms with van der Waals surface area (Å²) in [7, 11) is 3.07. The van der Waals surface area contributed by atoms with Gasteiger partial charge < -0.3 is 19.4 Å².